The van der Waals surface area contributed by atoms with Gasteiger partial charge in [0.15, 0.2) is 25.8 Å². The van der Waals surface area contributed by atoms with E-state index >= 15 is 0 Å². The highest BCUT2D eigenvalue weighted by Gasteiger charge is 2.55. The third-order valence-electron chi connectivity index (χ3n) is 9.88. The summed E-state index contributed by atoms with van der Waals surface area (Å²) in [7, 11) is 7.13. The molecule has 0 aliphatic carbocycles. The number of nitrogen functional groups attached to an aromatic ring is 2. The van der Waals surface area contributed by atoms with E-state index < -0.39 is 83.1 Å². The topological polar surface area (TPSA) is 385 Å². The van der Waals surface area contributed by atoms with Crippen LogP contribution >= 0.6 is 68.8 Å². The van der Waals surface area contributed by atoms with Crippen LogP contribution in [0.4, 0.5) is 19.9 Å². The second kappa shape index (κ2) is 33.6. The van der Waals surface area contributed by atoms with Gasteiger partial charge in [-0.2, -0.15) is 0 Å². The number of carbonyl (C=O) groups excluding carboxylic acids is 8. The number of thiazole rings is 2. The Morgan fingerprint density at radius 3 is 1.45 bits per heavy atom. The number of ether oxygens (including phenoxy) is 8. The molecule has 4 aliphatic rings. The van der Waals surface area contributed by atoms with E-state index in [1.807, 2.05) is 22.6 Å². The van der Waals surface area contributed by atoms with Crippen molar-refractivity contribution in [2.45, 2.75) is 100 Å². The first kappa shape index (κ1) is 68.2. The van der Waals surface area contributed by atoms with Gasteiger partial charge in [-0.3, -0.25) is 29.0 Å². The number of methoxy groups -OCH3 is 3. The fourth-order valence-electron chi connectivity index (χ4n) is 6.86. The van der Waals surface area contributed by atoms with Crippen LogP contribution in [0.1, 0.15) is 66.3 Å². The van der Waals surface area contributed by atoms with E-state index in [0.717, 1.165) is 40.6 Å². The highest BCUT2D eigenvalue weighted by molar-refractivity contribution is 14.1. The Balaban J connectivity index is 0.000000341. The lowest BCUT2D eigenvalue weighted by Crippen LogP contribution is -2.71. The summed E-state index contributed by atoms with van der Waals surface area (Å²) in [6.45, 7) is 13.0. The summed E-state index contributed by atoms with van der Waals surface area (Å²) >= 11 is 6.87. The predicted molar refractivity (Wildman–Crippen MR) is 300 cm³/mol. The number of carboxylic acid groups (broad SMARTS) is 1. The van der Waals surface area contributed by atoms with Crippen LogP contribution in [0, 0.1) is 0 Å². The van der Waals surface area contributed by atoms with Crippen LogP contribution in [0.15, 0.2) is 43.6 Å². The van der Waals surface area contributed by atoms with E-state index in [9.17, 15) is 43.5 Å². The van der Waals surface area contributed by atoms with Gasteiger partial charge in [0.1, 0.15) is 54.1 Å². The van der Waals surface area contributed by atoms with Gasteiger partial charge < -0.3 is 79.6 Å². The highest BCUT2D eigenvalue weighted by atomic mass is 127. The summed E-state index contributed by atoms with van der Waals surface area (Å²) in [4.78, 5) is 118. The molecule has 6 N–H and O–H groups in total. The first-order chi connectivity index (χ1) is 37.9. The molecule has 2 saturated heterocycles. The van der Waals surface area contributed by atoms with Crippen molar-refractivity contribution in [1.29, 1.82) is 0 Å². The van der Waals surface area contributed by atoms with Crippen molar-refractivity contribution in [3.8, 4) is 0 Å². The fraction of sp³-hybridized carbons (Fsp3) is 0.565. The SMILES string of the molecule is CC(C)OC(=O)OC(C)I.CCCOC.COCC1=C(C(=O)OC(C)OC(=O)OC(C)C)N2C(=O)C(NC(=O)/C(=N\OC)c3csc(N)n3)C2SC1.COCC1=C(C(=O)[O-])N2C(=O)C(NC(=O)/C(=N\OC)c3csc(N)n3)C2SC1. The maximum absolute atomic E-state index is 13.1. The quantitative estimate of drug-likeness (QED) is 0.0204. The molecule has 2 aromatic rings. The van der Waals surface area contributed by atoms with Gasteiger partial charge in [0, 0.05) is 57.1 Å². The molecule has 6 atom stereocenters. The van der Waals surface area contributed by atoms with Gasteiger partial charge in [-0.15, -0.1) is 46.2 Å². The lowest BCUT2D eigenvalue weighted by molar-refractivity contribution is -0.301. The largest absolute Gasteiger partial charge is 0.543 e. The summed E-state index contributed by atoms with van der Waals surface area (Å²) in [5, 5.41) is 26.4. The smallest absolute Gasteiger partial charge is 0.511 e. The summed E-state index contributed by atoms with van der Waals surface area (Å²) in [6, 6.07) is -1.88. The maximum Gasteiger partial charge on any atom is 0.511 e. The molecule has 0 saturated carbocycles. The number of β-lactam (4-membered cyclic amide) rings is 2. The Bertz CT molecular complexity index is 2620. The molecule has 0 aromatic carbocycles. The molecule has 4 amide bonds. The Kier molecular flexibility index (Phi) is 28.7. The molecular weight excluding hydrogens is 1250 g/mol. The number of alkyl halides is 1. The van der Waals surface area contributed by atoms with Gasteiger partial charge in [0.05, 0.1) is 37.1 Å². The van der Waals surface area contributed by atoms with Crippen LogP contribution in [0.2, 0.25) is 0 Å². The molecule has 444 valence electrons. The van der Waals surface area contributed by atoms with Crippen LogP contribution in [-0.4, -0.2) is 191 Å². The van der Waals surface area contributed by atoms with Gasteiger partial charge in [0.25, 0.3) is 23.6 Å². The van der Waals surface area contributed by atoms with Crippen molar-refractivity contribution in [2.24, 2.45) is 10.3 Å². The molecule has 6 unspecified atom stereocenters. The van der Waals surface area contributed by atoms with Crippen molar-refractivity contribution < 1.29 is 91.0 Å². The lowest BCUT2D eigenvalue weighted by Gasteiger charge is -2.50. The zero-order valence-corrected chi connectivity index (χ0v) is 51.0. The molecule has 34 heteroatoms. The van der Waals surface area contributed by atoms with E-state index in [4.69, 9.17) is 49.5 Å². The number of rotatable bonds is 21. The maximum atomic E-state index is 13.1. The van der Waals surface area contributed by atoms with Crippen LogP contribution < -0.4 is 27.2 Å². The number of anilines is 2. The molecule has 6 heterocycles. The molecule has 2 fully saturated rings. The molecule has 0 radical (unpaired) electrons. The number of amides is 4. The number of esters is 1. The van der Waals surface area contributed by atoms with E-state index in [-0.39, 0.29) is 67.9 Å². The van der Waals surface area contributed by atoms with Crippen molar-refractivity contribution in [2.75, 3.05) is 78.3 Å². The monoisotopic (exact) mass is 1320 g/mol. The van der Waals surface area contributed by atoms with Crippen molar-refractivity contribution in [1.82, 2.24) is 30.4 Å². The standard InChI is InChI=1S/C21H27N5O9S2.C15H17N5O6S2.C6H11IO3.C4H10O/c1-9(2)33-21(30)35-10(3)34-19(29)15-11(6-31-4)7-36-18-14(17(28)26(15)18)24-16(27)13(25-32-5)12-8-37-20(22)23-12;1-25-3-6-4-27-13-9(12(22)20(13)10(6)14(23)24)18-11(21)8(19-26-2)7-5-28-15(16)17-7;1-4(2)9-6(8)10-5(3)7;1-3-4-5-2/h8-10,14,18H,6-7H2,1-5H3,(H2,22,23)(H,24,27);5,9,13H,3-4H2,1-2H3,(H2,16,17)(H,18,21)(H,23,24);4-5H,1-3H3;3-4H2,1-2H3/p-1/b25-13-;19-8-;;. The van der Waals surface area contributed by atoms with Crippen LogP contribution in [-0.2, 0) is 76.3 Å². The summed E-state index contributed by atoms with van der Waals surface area (Å²) in [6.07, 6.45) is -2.29. The van der Waals surface area contributed by atoms with Crippen LogP contribution in [0.25, 0.3) is 0 Å². The molecule has 2 aromatic heterocycles. The number of hydrogen-bond donors (Lipinski definition) is 4. The molecule has 0 bridgehead atoms. The number of fused-ring (bicyclic) bond motifs is 2. The molecule has 80 heavy (non-hydrogen) atoms. The van der Waals surface area contributed by atoms with E-state index in [1.54, 1.807) is 41.7 Å². The number of nitrogens with two attached hydrogens (primary N) is 2. The van der Waals surface area contributed by atoms with E-state index in [0.29, 0.717) is 22.7 Å². The van der Waals surface area contributed by atoms with Gasteiger partial charge in [0.2, 0.25) is 6.29 Å². The Morgan fingerprint density at radius 2 is 1.11 bits per heavy atom. The number of nitrogens with one attached hydrogen (secondary N) is 2. The third-order valence-corrected chi connectivity index (χ3v) is 14.2. The summed E-state index contributed by atoms with van der Waals surface area (Å²) in [5.41, 5.74) is 12.0. The van der Waals surface area contributed by atoms with Gasteiger partial charge in [-0.25, -0.2) is 24.4 Å². The number of carbonyl (C=O) groups is 8. The first-order valence-electron chi connectivity index (χ1n) is 23.8. The second-order valence-electron chi connectivity index (χ2n) is 16.7. The van der Waals surface area contributed by atoms with Crippen molar-refractivity contribution in [3.05, 3.63) is 44.7 Å². The minimum atomic E-state index is -1.46. The average Bonchev–Trinajstić information content (AvgIpc) is 4.02. The Morgan fingerprint density at radius 1 is 0.688 bits per heavy atom. The molecule has 0 spiro atoms. The Labute approximate surface area is 490 Å². The van der Waals surface area contributed by atoms with Gasteiger partial charge in [-0.1, -0.05) is 17.2 Å². The zero-order chi connectivity index (χ0) is 60.0. The number of oxime groups is 2. The minimum absolute atomic E-state index is 0.0353. The van der Waals surface area contributed by atoms with E-state index in [2.05, 4.69) is 47.4 Å². The number of nitrogens with zero attached hydrogens (tertiary/aromatic N) is 6. The molecule has 4 aliphatic heterocycles. The molecule has 6 rings (SSSR count). The number of thioether (sulfide) groups is 2. The number of aliphatic carboxylic acids is 1. The minimum Gasteiger partial charge on any atom is -0.543 e. The van der Waals surface area contributed by atoms with Gasteiger partial charge >= 0.3 is 18.3 Å². The number of hydrogen-bond acceptors (Lipinski definition) is 29. The van der Waals surface area contributed by atoms with Gasteiger partial charge in [-0.05, 0) is 74.8 Å². The van der Waals surface area contributed by atoms with Crippen LogP contribution in [0.5, 0.6) is 0 Å². The average molecular weight is 1320 g/mol. The first-order valence-corrected chi connectivity index (χ1v) is 28.9. The number of halogens is 1. The highest BCUT2D eigenvalue weighted by Crippen LogP contribution is 2.42. The van der Waals surface area contributed by atoms with Crippen molar-refractivity contribution in [3.63, 3.8) is 0 Å². The van der Waals surface area contributed by atoms with Crippen molar-refractivity contribution >= 4 is 138 Å². The summed E-state index contributed by atoms with van der Waals surface area (Å²) < 4.78 is 39.2. The fourth-order valence-corrected chi connectivity index (χ4v) is 10.8. The zero-order valence-electron chi connectivity index (χ0n) is 45.6. The summed E-state index contributed by atoms with van der Waals surface area (Å²) in [5.74, 6) is -4.19. The molecular formula is C46H64IN10O19S4-. The van der Waals surface area contributed by atoms with E-state index in [1.165, 1.54) is 74.5 Å². The molecule has 29 nitrogen and oxygen atoms in total. The Hall–Kier alpha value is -6.05. The lowest BCUT2D eigenvalue weighted by atomic mass is 10.0. The number of carboxylic acids is 1. The predicted octanol–water partition coefficient (Wildman–Crippen LogP) is 2.32. The normalized spacial score (nSPS) is 19.1. The third kappa shape index (κ3) is 19.6. The van der Waals surface area contributed by atoms with Crippen LogP contribution in [0.3, 0.4) is 0 Å². The number of aromatic nitrogens is 2. The second-order valence-corrected chi connectivity index (χ2v) is 22.5.